The van der Waals surface area contributed by atoms with E-state index in [1.165, 1.54) is 28.8 Å². The van der Waals surface area contributed by atoms with Gasteiger partial charge < -0.3 is 9.52 Å². The van der Waals surface area contributed by atoms with E-state index >= 15 is 0 Å². The highest BCUT2D eigenvalue weighted by molar-refractivity contribution is 8.27. The molecule has 2 aromatic carbocycles. The molecule has 31 heavy (non-hydrogen) atoms. The van der Waals surface area contributed by atoms with Gasteiger partial charge in [0.05, 0.1) is 21.2 Å². The molecule has 0 bridgehead atoms. The fourth-order valence-corrected chi connectivity index (χ4v) is 4.99. The summed E-state index contributed by atoms with van der Waals surface area (Å²) in [5.41, 5.74) is 1.38. The highest BCUT2D eigenvalue weighted by Gasteiger charge is 2.33. The molecular formula is C22H14ClNO4S3. The van der Waals surface area contributed by atoms with E-state index in [0.29, 0.717) is 26.3 Å². The van der Waals surface area contributed by atoms with Crippen LogP contribution in [0.25, 0.3) is 17.4 Å². The number of rotatable bonds is 5. The molecule has 0 atom stereocenters. The van der Waals surface area contributed by atoms with Crippen molar-refractivity contribution in [1.82, 2.24) is 0 Å². The second-order valence-corrected chi connectivity index (χ2v) is 9.38. The summed E-state index contributed by atoms with van der Waals surface area (Å²) in [5, 5.41) is 9.23. The van der Waals surface area contributed by atoms with Crippen molar-refractivity contribution in [3.63, 3.8) is 0 Å². The molecule has 9 heteroatoms. The Bertz CT molecular complexity index is 1250. The normalized spacial score (nSPS) is 15.2. The van der Waals surface area contributed by atoms with E-state index in [2.05, 4.69) is 0 Å². The first-order valence-electron chi connectivity index (χ1n) is 8.92. The van der Waals surface area contributed by atoms with E-state index in [1.54, 1.807) is 36.0 Å². The molecule has 0 radical (unpaired) electrons. The summed E-state index contributed by atoms with van der Waals surface area (Å²) >= 11 is 14.3. The minimum absolute atomic E-state index is 0.0198. The number of carbonyl (C=O) groups is 2. The molecule has 1 aromatic heterocycles. The molecule has 4 rings (SSSR count). The standard InChI is InChI=1S/C22H14ClNO4S3/c1-30-15-4-2-3-13(10-15)24-20(25)19(31-22(24)29)11-14-6-8-18(28-14)12-5-7-16(21(26)27)17(23)9-12/h2-11H,1H3,(H,26,27)/b19-11-. The predicted molar refractivity (Wildman–Crippen MR) is 130 cm³/mol. The molecule has 0 aliphatic carbocycles. The molecule has 1 aliphatic rings. The fraction of sp³-hybridized carbons (Fsp3) is 0.0455. The van der Waals surface area contributed by atoms with Crippen molar-refractivity contribution in [2.75, 3.05) is 11.2 Å². The second kappa shape index (κ2) is 8.92. The zero-order valence-electron chi connectivity index (χ0n) is 16.0. The van der Waals surface area contributed by atoms with Gasteiger partial charge in [0.1, 0.15) is 11.5 Å². The van der Waals surface area contributed by atoms with Crippen LogP contribution in [-0.4, -0.2) is 27.6 Å². The average Bonchev–Trinajstić information content (AvgIpc) is 3.32. The summed E-state index contributed by atoms with van der Waals surface area (Å²) in [5.74, 6) is -0.318. The van der Waals surface area contributed by atoms with Crippen molar-refractivity contribution in [3.8, 4) is 11.3 Å². The summed E-state index contributed by atoms with van der Waals surface area (Å²) in [7, 11) is 0. The molecule has 1 aliphatic heterocycles. The van der Waals surface area contributed by atoms with Crippen LogP contribution >= 0.6 is 47.3 Å². The quantitative estimate of drug-likeness (QED) is 0.252. The summed E-state index contributed by atoms with van der Waals surface area (Å²) in [6.07, 6.45) is 3.62. The lowest BCUT2D eigenvalue weighted by molar-refractivity contribution is -0.113. The number of anilines is 1. The summed E-state index contributed by atoms with van der Waals surface area (Å²) in [6, 6.07) is 15.7. The number of carboxylic acid groups (broad SMARTS) is 1. The van der Waals surface area contributed by atoms with Crippen LogP contribution in [0.1, 0.15) is 16.1 Å². The Balaban J connectivity index is 1.59. The monoisotopic (exact) mass is 487 g/mol. The zero-order valence-corrected chi connectivity index (χ0v) is 19.2. The third kappa shape index (κ3) is 4.43. The number of thiocarbonyl (C=S) groups is 1. The minimum atomic E-state index is -1.10. The number of furan rings is 1. The lowest BCUT2D eigenvalue weighted by Crippen LogP contribution is -2.27. The van der Waals surface area contributed by atoms with Crippen LogP contribution in [0.4, 0.5) is 5.69 Å². The molecule has 156 valence electrons. The molecule has 1 fully saturated rings. The number of hydrogen-bond donors (Lipinski definition) is 1. The van der Waals surface area contributed by atoms with Crippen LogP contribution in [0, 0.1) is 0 Å². The number of benzene rings is 2. The largest absolute Gasteiger partial charge is 0.478 e. The molecule has 0 saturated carbocycles. The van der Waals surface area contributed by atoms with Crippen molar-refractivity contribution in [1.29, 1.82) is 0 Å². The topological polar surface area (TPSA) is 70.8 Å². The van der Waals surface area contributed by atoms with Crippen molar-refractivity contribution >= 4 is 75.3 Å². The van der Waals surface area contributed by atoms with Gasteiger partial charge in [0.25, 0.3) is 5.91 Å². The number of carboxylic acids is 1. The Hall–Kier alpha value is -2.52. The van der Waals surface area contributed by atoms with Crippen molar-refractivity contribution in [3.05, 3.63) is 75.8 Å². The average molecular weight is 488 g/mol. The molecule has 2 heterocycles. The van der Waals surface area contributed by atoms with E-state index in [4.69, 9.17) is 33.3 Å². The van der Waals surface area contributed by atoms with Gasteiger partial charge in [0.15, 0.2) is 4.32 Å². The van der Waals surface area contributed by atoms with Gasteiger partial charge in [-0.25, -0.2) is 4.79 Å². The lowest BCUT2D eigenvalue weighted by atomic mass is 10.1. The van der Waals surface area contributed by atoms with E-state index < -0.39 is 5.97 Å². The molecule has 3 aromatic rings. The fourth-order valence-electron chi connectivity index (χ4n) is 3.00. The van der Waals surface area contributed by atoms with Crippen LogP contribution in [0.2, 0.25) is 5.02 Å². The van der Waals surface area contributed by atoms with Crippen molar-refractivity contribution < 1.29 is 19.1 Å². The third-order valence-electron chi connectivity index (χ3n) is 4.49. The van der Waals surface area contributed by atoms with Crippen LogP contribution in [-0.2, 0) is 4.79 Å². The number of aromatic carboxylic acids is 1. The van der Waals surface area contributed by atoms with Gasteiger partial charge in [0, 0.05) is 16.5 Å². The second-order valence-electron chi connectivity index (χ2n) is 6.42. The van der Waals surface area contributed by atoms with E-state index in [-0.39, 0.29) is 16.5 Å². The maximum absolute atomic E-state index is 13.0. The highest BCUT2D eigenvalue weighted by atomic mass is 35.5. The van der Waals surface area contributed by atoms with Gasteiger partial charge in [-0.15, -0.1) is 11.8 Å². The van der Waals surface area contributed by atoms with Crippen LogP contribution in [0.15, 0.2) is 68.8 Å². The molecule has 1 N–H and O–H groups in total. The SMILES string of the molecule is CSc1cccc(N2C(=O)/C(=C/c3ccc(-c4ccc(C(=O)O)c(Cl)c4)o3)SC2=S)c1. The summed E-state index contributed by atoms with van der Waals surface area (Å²) in [4.78, 5) is 27.1. The first-order chi connectivity index (χ1) is 14.9. The van der Waals surface area contributed by atoms with E-state index in [9.17, 15) is 9.59 Å². The molecule has 5 nitrogen and oxygen atoms in total. The predicted octanol–water partition coefficient (Wildman–Crippen LogP) is 6.43. The number of thioether (sulfide) groups is 2. The smallest absolute Gasteiger partial charge is 0.337 e. The van der Waals surface area contributed by atoms with E-state index in [1.807, 2.05) is 30.5 Å². The Morgan fingerprint density at radius 2 is 2.03 bits per heavy atom. The molecule has 0 unspecified atom stereocenters. The van der Waals surface area contributed by atoms with E-state index in [0.717, 1.165) is 10.6 Å². The van der Waals surface area contributed by atoms with Crippen molar-refractivity contribution in [2.24, 2.45) is 0 Å². The Morgan fingerprint density at radius 3 is 2.74 bits per heavy atom. The number of nitrogens with zero attached hydrogens (tertiary/aromatic N) is 1. The van der Waals surface area contributed by atoms with Gasteiger partial charge in [0.2, 0.25) is 0 Å². The number of carbonyl (C=O) groups excluding carboxylic acids is 1. The molecular weight excluding hydrogens is 474 g/mol. The maximum Gasteiger partial charge on any atom is 0.337 e. The number of hydrogen-bond acceptors (Lipinski definition) is 6. The Morgan fingerprint density at radius 1 is 1.23 bits per heavy atom. The summed E-state index contributed by atoms with van der Waals surface area (Å²) in [6.45, 7) is 0. The van der Waals surface area contributed by atoms with Crippen LogP contribution in [0.3, 0.4) is 0 Å². The maximum atomic E-state index is 13.0. The zero-order chi connectivity index (χ0) is 22.1. The number of halogens is 1. The number of amides is 1. The summed E-state index contributed by atoms with van der Waals surface area (Å²) < 4.78 is 6.29. The molecule has 0 spiro atoms. The van der Waals surface area contributed by atoms with Gasteiger partial charge >= 0.3 is 5.97 Å². The minimum Gasteiger partial charge on any atom is -0.478 e. The molecule has 1 saturated heterocycles. The van der Waals surface area contributed by atoms with Gasteiger partial charge in [-0.05, 0) is 48.7 Å². The Kier molecular flexibility index (Phi) is 6.24. The van der Waals surface area contributed by atoms with Gasteiger partial charge in [-0.2, -0.15) is 0 Å². The first-order valence-corrected chi connectivity index (χ1v) is 11.7. The lowest BCUT2D eigenvalue weighted by Gasteiger charge is -2.15. The highest BCUT2D eigenvalue weighted by Crippen LogP contribution is 2.37. The van der Waals surface area contributed by atoms with Gasteiger partial charge in [-0.1, -0.05) is 47.7 Å². The van der Waals surface area contributed by atoms with Crippen LogP contribution in [0.5, 0.6) is 0 Å². The van der Waals surface area contributed by atoms with Crippen molar-refractivity contribution in [2.45, 2.75) is 4.90 Å². The van der Waals surface area contributed by atoms with Crippen LogP contribution < -0.4 is 4.90 Å². The molecule has 1 amide bonds. The third-order valence-corrected chi connectivity index (χ3v) is 6.83. The van der Waals surface area contributed by atoms with Gasteiger partial charge in [-0.3, -0.25) is 9.69 Å². The Labute approximate surface area is 197 Å². The first kappa shape index (κ1) is 21.7.